The summed E-state index contributed by atoms with van der Waals surface area (Å²) in [7, 11) is -3.28. The third-order valence-electron chi connectivity index (χ3n) is 3.57. The molecule has 0 aliphatic heterocycles. The SMILES string of the molecule is CCNC(=NCc1ccc(CC)s1)NCCS(=O)(=O)c1ccccc1.I. The molecular formula is C18H26IN3O2S2. The summed E-state index contributed by atoms with van der Waals surface area (Å²) in [5.74, 6) is 0.664. The number of hydrogen-bond donors (Lipinski definition) is 2. The van der Waals surface area contributed by atoms with Crippen LogP contribution in [-0.2, 0) is 22.8 Å². The molecular weight excluding hydrogens is 481 g/mol. The zero-order valence-electron chi connectivity index (χ0n) is 15.1. The van der Waals surface area contributed by atoms with Gasteiger partial charge >= 0.3 is 0 Å². The van der Waals surface area contributed by atoms with Gasteiger partial charge in [0, 0.05) is 22.8 Å². The van der Waals surface area contributed by atoms with Crippen LogP contribution in [-0.4, -0.2) is 33.2 Å². The summed E-state index contributed by atoms with van der Waals surface area (Å²) < 4.78 is 24.6. The minimum atomic E-state index is -3.28. The summed E-state index contributed by atoms with van der Waals surface area (Å²) in [4.78, 5) is 7.43. The molecule has 0 aliphatic rings. The molecule has 0 fully saturated rings. The van der Waals surface area contributed by atoms with Crippen LogP contribution in [0.15, 0.2) is 52.4 Å². The van der Waals surface area contributed by atoms with Crippen LogP contribution >= 0.6 is 35.3 Å². The Kier molecular flexibility index (Phi) is 10.2. The van der Waals surface area contributed by atoms with Crippen LogP contribution in [0.3, 0.4) is 0 Å². The van der Waals surface area contributed by atoms with Crippen LogP contribution in [0.2, 0.25) is 0 Å². The third-order valence-corrected chi connectivity index (χ3v) is 6.51. The summed E-state index contributed by atoms with van der Waals surface area (Å²) in [6.07, 6.45) is 1.03. The van der Waals surface area contributed by atoms with Gasteiger partial charge in [-0.25, -0.2) is 13.4 Å². The number of sulfone groups is 1. The van der Waals surface area contributed by atoms with Crippen molar-refractivity contribution in [2.24, 2.45) is 4.99 Å². The van der Waals surface area contributed by atoms with Gasteiger partial charge < -0.3 is 10.6 Å². The lowest BCUT2D eigenvalue weighted by Crippen LogP contribution is -2.39. The summed E-state index contributed by atoms with van der Waals surface area (Å²) >= 11 is 1.76. The first-order chi connectivity index (χ1) is 12.0. The quantitative estimate of drug-likeness (QED) is 0.326. The van der Waals surface area contributed by atoms with E-state index in [0.29, 0.717) is 23.9 Å². The van der Waals surface area contributed by atoms with Gasteiger partial charge in [-0.2, -0.15) is 0 Å². The van der Waals surface area contributed by atoms with Crippen LogP contribution in [0.5, 0.6) is 0 Å². The second kappa shape index (κ2) is 11.6. The highest BCUT2D eigenvalue weighted by Crippen LogP contribution is 2.17. The van der Waals surface area contributed by atoms with Gasteiger partial charge in [0.15, 0.2) is 15.8 Å². The Morgan fingerprint density at radius 1 is 1.04 bits per heavy atom. The standard InChI is InChI=1S/C18H25N3O2S2.HI/c1-3-15-10-11-16(24-15)14-21-18(19-4-2)20-12-13-25(22,23)17-8-6-5-7-9-17;/h5-11H,3-4,12-14H2,1-2H3,(H2,19,20,21);1H. The molecule has 0 saturated carbocycles. The normalized spacial score (nSPS) is 11.7. The predicted molar refractivity (Wildman–Crippen MR) is 120 cm³/mol. The summed E-state index contributed by atoms with van der Waals surface area (Å²) in [5, 5.41) is 6.25. The van der Waals surface area contributed by atoms with Crippen molar-refractivity contribution in [3.63, 3.8) is 0 Å². The van der Waals surface area contributed by atoms with Crippen LogP contribution in [0, 0.1) is 0 Å². The van der Waals surface area contributed by atoms with E-state index in [4.69, 9.17) is 0 Å². The summed E-state index contributed by atoms with van der Waals surface area (Å²) in [6, 6.07) is 12.7. The molecule has 5 nitrogen and oxygen atoms in total. The number of hydrogen-bond acceptors (Lipinski definition) is 4. The molecule has 2 N–H and O–H groups in total. The Hall–Kier alpha value is -1.13. The van der Waals surface area contributed by atoms with Crippen molar-refractivity contribution in [1.29, 1.82) is 0 Å². The first-order valence-electron chi connectivity index (χ1n) is 8.42. The number of benzene rings is 1. The number of nitrogens with zero attached hydrogens (tertiary/aromatic N) is 1. The van der Waals surface area contributed by atoms with E-state index in [0.717, 1.165) is 13.0 Å². The lowest BCUT2D eigenvalue weighted by atomic mass is 10.4. The van der Waals surface area contributed by atoms with Gasteiger partial charge in [0.25, 0.3) is 0 Å². The number of thiophene rings is 1. The molecule has 0 radical (unpaired) electrons. The van der Waals surface area contributed by atoms with E-state index < -0.39 is 9.84 Å². The molecule has 0 amide bonds. The average molecular weight is 507 g/mol. The van der Waals surface area contributed by atoms with E-state index in [1.165, 1.54) is 9.75 Å². The molecule has 0 saturated heterocycles. The van der Waals surface area contributed by atoms with Gasteiger partial charge in [-0.1, -0.05) is 25.1 Å². The highest BCUT2D eigenvalue weighted by atomic mass is 127. The molecule has 2 rings (SSSR count). The van der Waals surface area contributed by atoms with Crippen LogP contribution in [0.25, 0.3) is 0 Å². The molecule has 0 spiro atoms. The van der Waals surface area contributed by atoms with E-state index in [1.807, 2.05) is 13.0 Å². The monoisotopic (exact) mass is 507 g/mol. The van der Waals surface area contributed by atoms with Crippen molar-refractivity contribution in [3.05, 3.63) is 52.2 Å². The van der Waals surface area contributed by atoms with E-state index in [2.05, 4.69) is 34.7 Å². The van der Waals surface area contributed by atoms with Crippen LogP contribution in [0.1, 0.15) is 23.6 Å². The number of nitrogens with one attached hydrogen (secondary N) is 2. The summed E-state index contributed by atoms with van der Waals surface area (Å²) in [6.45, 7) is 5.75. The molecule has 0 bridgehead atoms. The van der Waals surface area contributed by atoms with E-state index >= 15 is 0 Å². The first-order valence-corrected chi connectivity index (χ1v) is 10.9. The van der Waals surface area contributed by atoms with Gasteiger partial charge in [0.1, 0.15) is 0 Å². The van der Waals surface area contributed by atoms with Gasteiger partial charge in [0.05, 0.1) is 17.2 Å². The average Bonchev–Trinajstić information content (AvgIpc) is 3.08. The minimum absolute atomic E-state index is 0. The molecule has 0 atom stereocenters. The Bertz CT molecular complexity index is 790. The van der Waals surface area contributed by atoms with Gasteiger partial charge in [0.2, 0.25) is 0 Å². The maximum absolute atomic E-state index is 12.3. The smallest absolute Gasteiger partial charge is 0.191 e. The molecule has 1 aromatic heterocycles. The molecule has 1 aromatic carbocycles. The molecule has 8 heteroatoms. The van der Waals surface area contributed by atoms with Gasteiger partial charge in [-0.05, 0) is 37.6 Å². The number of guanidine groups is 1. The number of aryl methyl sites for hydroxylation is 1. The largest absolute Gasteiger partial charge is 0.357 e. The number of rotatable bonds is 8. The van der Waals surface area contributed by atoms with Crippen molar-refractivity contribution in [2.75, 3.05) is 18.8 Å². The zero-order valence-corrected chi connectivity index (χ0v) is 19.0. The fourth-order valence-electron chi connectivity index (χ4n) is 2.25. The first kappa shape index (κ1) is 22.9. The van der Waals surface area contributed by atoms with E-state index in [-0.39, 0.29) is 29.7 Å². The van der Waals surface area contributed by atoms with Crippen molar-refractivity contribution >= 4 is 51.1 Å². The molecule has 1 heterocycles. The second-order valence-electron chi connectivity index (χ2n) is 5.48. The highest BCUT2D eigenvalue weighted by molar-refractivity contribution is 14.0. The molecule has 144 valence electrons. The topological polar surface area (TPSA) is 70.6 Å². The Balaban J connectivity index is 0.00000338. The van der Waals surface area contributed by atoms with Gasteiger partial charge in [-0.3, -0.25) is 0 Å². The number of halogens is 1. The van der Waals surface area contributed by atoms with E-state index in [1.54, 1.807) is 35.6 Å². The second-order valence-corrected chi connectivity index (χ2v) is 8.84. The minimum Gasteiger partial charge on any atom is -0.357 e. The van der Waals surface area contributed by atoms with Crippen molar-refractivity contribution < 1.29 is 8.42 Å². The maximum atomic E-state index is 12.3. The third kappa shape index (κ3) is 7.24. The van der Waals surface area contributed by atoms with Crippen molar-refractivity contribution in [3.8, 4) is 0 Å². The maximum Gasteiger partial charge on any atom is 0.191 e. The fraction of sp³-hybridized carbons (Fsp3) is 0.389. The lowest BCUT2D eigenvalue weighted by molar-refractivity contribution is 0.594. The molecule has 2 aromatic rings. The van der Waals surface area contributed by atoms with Crippen molar-refractivity contribution in [2.45, 2.75) is 31.7 Å². The fourth-order valence-corrected chi connectivity index (χ4v) is 4.31. The lowest BCUT2D eigenvalue weighted by Gasteiger charge is -2.11. The van der Waals surface area contributed by atoms with E-state index in [9.17, 15) is 8.42 Å². The molecule has 0 unspecified atom stereocenters. The molecule has 0 aliphatic carbocycles. The Morgan fingerprint density at radius 2 is 1.73 bits per heavy atom. The predicted octanol–water partition coefficient (Wildman–Crippen LogP) is 3.46. The van der Waals surface area contributed by atoms with Gasteiger partial charge in [-0.15, -0.1) is 35.3 Å². The van der Waals surface area contributed by atoms with Crippen LogP contribution < -0.4 is 10.6 Å². The highest BCUT2D eigenvalue weighted by Gasteiger charge is 2.13. The molecule has 26 heavy (non-hydrogen) atoms. The zero-order chi connectivity index (χ0) is 18.1. The van der Waals surface area contributed by atoms with Crippen molar-refractivity contribution in [1.82, 2.24) is 10.6 Å². The summed E-state index contributed by atoms with van der Waals surface area (Å²) in [5.41, 5.74) is 0. The Morgan fingerprint density at radius 3 is 2.35 bits per heavy atom. The van der Waals surface area contributed by atoms with Crippen LogP contribution in [0.4, 0.5) is 0 Å². The Labute approximate surface area is 177 Å². The number of aliphatic imine (C=N–C) groups is 1.